The molecule has 5 nitrogen and oxygen atoms in total. The molecule has 0 unspecified atom stereocenters. The van der Waals surface area contributed by atoms with Gasteiger partial charge in [0.25, 0.3) is 5.91 Å². The Morgan fingerprint density at radius 3 is 2.86 bits per heavy atom. The number of aryl methyl sites for hydroxylation is 2. The van der Waals surface area contributed by atoms with Gasteiger partial charge in [-0.05, 0) is 26.0 Å². The number of hydrogen-bond donors (Lipinski definition) is 2. The van der Waals surface area contributed by atoms with Gasteiger partial charge in [-0.25, -0.2) is 4.98 Å². The van der Waals surface area contributed by atoms with Crippen molar-refractivity contribution in [3.05, 3.63) is 52.1 Å². The van der Waals surface area contributed by atoms with E-state index in [0.29, 0.717) is 5.56 Å². The number of hydrogen-bond acceptors (Lipinski definition) is 4. The summed E-state index contributed by atoms with van der Waals surface area (Å²) in [5.74, 6) is -0.173. The SMILES string of the molecule is Cc1nc(-c2cccc(NC(=O)c3cn[nH]c3C)c2)cs1. The molecule has 0 aliphatic rings. The summed E-state index contributed by atoms with van der Waals surface area (Å²) in [5, 5.41) is 12.5. The van der Waals surface area contributed by atoms with Gasteiger partial charge in [-0.15, -0.1) is 11.3 Å². The van der Waals surface area contributed by atoms with Gasteiger partial charge in [-0.3, -0.25) is 9.89 Å². The molecular weight excluding hydrogens is 284 g/mol. The quantitative estimate of drug-likeness (QED) is 0.778. The molecule has 2 aromatic heterocycles. The molecule has 0 bridgehead atoms. The van der Waals surface area contributed by atoms with Crippen LogP contribution in [0.1, 0.15) is 21.1 Å². The second kappa shape index (κ2) is 5.49. The Hall–Kier alpha value is -2.47. The topological polar surface area (TPSA) is 70.7 Å². The molecule has 21 heavy (non-hydrogen) atoms. The Kier molecular flexibility index (Phi) is 3.53. The van der Waals surface area contributed by atoms with Gasteiger partial charge in [0.1, 0.15) is 0 Å². The van der Waals surface area contributed by atoms with Crippen LogP contribution in [0.25, 0.3) is 11.3 Å². The standard InChI is InChI=1S/C15H14N4OS/c1-9-13(7-16-19-9)15(20)18-12-5-3-4-11(6-12)14-8-21-10(2)17-14/h3-8H,1-2H3,(H,16,19)(H,18,20). The molecule has 6 heteroatoms. The molecule has 0 radical (unpaired) electrons. The summed E-state index contributed by atoms with van der Waals surface area (Å²) in [6, 6.07) is 7.66. The van der Waals surface area contributed by atoms with Crippen LogP contribution in [0.2, 0.25) is 0 Å². The zero-order valence-electron chi connectivity index (χ0n) is 11.7. The number of anilines is 1. The smallest absolute Gasteiger partial charge is 0.259 e. The summed E-state index contributed by atoms with van der Waals surface area (Å²) < 4.78 is 0. The molecule has 3 aromatic rings. The number of nitrogens with zero attached hydrogens (tertiary/aromatic N) is 2. The van der Waals surface area contributed by atoms with Crippen LogP contribution in [0.3, 0.4) is 0 Å². The number of carbonyl (C=O) groups excluding carboxylic acids is 1. The van der Waals surface area contributed by atoms with Crippen molar-refractivity contribution in [2.75, 3.05) is 5.32 Å². The van der Waals surface area contributed by atoms with E-state index in [9.17, 15) is 4.79 Å². The summed E-state index contributed by atoms with van der Waals surface area (Å²) in [6.45, 7) is 3.79. The summed E-state index contributed by atoms with van der Waals surface area (Å²) in [6.07, 6.45) is 1.53. The molecule has 0 saturated carbocycles. The molecule has 1 aromatic carbocycles. The largest absolute Gasteiger partial charge is 0.322 e. The minimum absolute atomic E-state index is 0.173. The van der Waals surface area contributed by atoms with Crippen LogP contribution in [-0.4, -0.2) is 21.1 Å². The maximum atomic E-state index is 12.2. The van der Waals surface area contributed by atoms with Crippen molar-refractivity contribution in [2.24, 2.45) is 0 Å². The van der Waals surface area contributed by atoms with E-state index in [1.54, 1.807) is 11.3 Å². The molecule has 3 rings (SSSR count). The van der Waals surface area contributed by atoms with E-state index in [4.69, 9.17) is 0 Å². The predicted octanol–water partition coefficient (Wildman–Crippen LogP) is 3.40. The highest BCUT2D eigenvalue weighted by atomic mass is 32.1. The summed E-state index contributed by atoms with van der Waals surface area (Å²) in [4.78, 5) is 16.6. The lowest BCUT2D eigenvalue weighted by molar-refractivity contribution is 0.102. The highest BCUT2D eigenvalue weighted by Crippen LogP contribution is 2.24. The number of aromatic amines is 1. The van der Waals surface area contributed by atoms with Crippen molar-refractivity contribution in [3.8, 4) is 11.3 Å². The van der Waals surface area contributed by atoms with E-state index in [1.165, 1.54) is 6.20 Å². The van der Waals surface area contributed by atoms with Crippen molar-refractivity contribution in [1.82, 2.24) is 15.2 Å². The van der Waals surface area contributed by atoms with Gasteiger partial charge in [0.05, 0.1) is 22.5 Å². The number of thiazole rings is 1. The van der Waals surface area contributed by atoms with Crippen LogP contribution >= 0.6 is 11.3 Å². The van der Waals surface area contributed by atoms with Crippen LogP contribution in [-0.2, 0) is 0 Å². The van der Waals surface area contributed by atoms with Gasteiger partial charge in [-0.1, -0.05) is 12.1 Å². The number of aromatic nitrogens is 3. The number of nitrogens with one attached hydrogen (secondary N) is 2. The molecule has 0 aliphatic carbocycles. The van der Waals surface area contributed by atoms with Crippen LogP contribution in [0.5, 0.6) is 0 Å². The number of rotatable bonds is 3. The highest BCUT2D eigenvalue weighted by molar-refractivity contribution is 7.09. The third-order valence-electron chi connectivity index (χ3n) is 3.11. The summed E-state index contributed by atoms with van der Waals surface area (Å²) in [7, 11) is 0. The fourth-order valence-corrected chi connectivity index (χ4v) is 2.65. The first kappa shape index (κ1) is 13.5. The molecule has 0 atom stereocenters. The van der Waals surface area contributed by atoms with Gasteiger partial charge in [0, 0.05) is 22.3 Å². The number of benzene rings is 1. The van der Waals surface area contributed by atoms with Gasteiger partial charge in [-0.2, -0.15) is 5.10 Å². The van der Waals surface area contributed by atoms with E-state index in [-0.39, 0.29) is 5.91 Å². The van der Waals surface area contributed by atoms with Crippen LogP contribution < -0.4 is 5.32 Å². The fraction of sp³-hybridized carbons (Fsp3) is 0.133. The lowest BCUT2D eigenvalue weighted by Crippen LogP contribution is -2.12. The summed E-state index contributed by atoms with van der Waals surface area (Å²) >= 11 is 1.61. The second-order valence-electron chi connectivity index (χ2n) is 4.70. The van der Waals surface area contributed by atoms with Crippen molar-refractivity contribution < 1.29 is 4.79 Å². The van der Waals surface area contributed by atoms with Crippen LogP contribution in [0.4, 0.5) is 5.69 Å². The Labute approximate surface area is 126 Å². The minimum atomic E-state index is -0.173. The van der Waals surface area contributed by atoms with E-state index >= 15 is 0 Å². The number of amides is 1. The molecule has 2 N–H and O–H groups in total. The van der Waals surface area contributed by atoms with Crippen molar-refractivity contribution in [2.45, 2.75) is 13.8 Å². The predicted molar refractivity (Wildman–Crippen MR) is 83.6 cm³/mol. The van der Waals surface area contributed by atoms with Gasteiger partial charge in [0.2, 0.25) is 0 Å². The number of H-pyrrole nitrogens is 1. The molecule has 0 aliphatic heterocycles. The van der Waals surface area contributed by atoms with Crippen molar-refractivity contribution in [1.29, 1.82) is 0 Å². The zero-order chi connectivity index (χ0) is 14.8. The Bertz CT molecular complexity index is 790. The van der Waals surface area contributed by atoms with Crippen LogP contribution in [0.15, 0.2) is 35.8 Å². The van der Waals surface area contributed by atoms with Crippen molar-refractivity contribution in [3.63, 3.8) is 0 Å². The molecule has 1 amide bonds. The zero-order valence-corrected chi connectivity index (χ0v) is 12.5. The fourth-order valence-electron chi connectivity index (χ4n) is 2.03. The summed E-state index contributed by atoms with van der Waals surface area (Å²) in [5.41, 5.74) is 3.95. The normalized spacial score (nSPS) is 10.6. The first-order valence-corrected chi connectivity index (χ1v) is 7.35. The van der Waals surface area contributed by atoms with E-state index in [1.807, 2.05) is 43.5 Å². The van der Waals surface area contributed by atoms with E-state index < -0.39 is 0 Å². The molecule has 0 saturated heterocycles. The third-order valence-corrected chi connectivity index (χ3v) is 3.88. The molecule has 2 heterocycles. The minimum Gasteiger partial charge on any atom is -0.322 e. The Morgan fingerprint density at radius 2 is 2.19 bits per heavy atom. The van der Waals surface area contributed by atoms with Gasteiger partial charge in [0.15, 0.2) is 0 Å². The van der Waals surface area contributed by atoms with Crippen LogP contribution in [0, 0.1) is 13.8 Å². The Balaban J connectivity index is 1.84. The average Bonchev–Trinajstić information content (AvgIpc) is 3.08. The molecular formula is C15H14N4OS. The van der Waals surface area contributed by atoms with Gasteiger partial charge < -0.3 is 5.32 Å². The average molecular weight is 298 g/mol. The first-order chi connectivity index (χ1) is 10.1. The second-order valence-corrected chi connectivity index (χ2v) is 5.76. The molecule has 0 fully saturated rings. The molecule has 0 spiro atoms. The van der Waals surface area contributed by atoms with Gasteiger partial charge >= 0.3 is 0 Å². The maximum Gasteiger partial charge on any atom is 0.259 e. The maximum absolute atomic E-state index is 12.2. The van der Waals surface area contributed by atoms with Crippen molar-refractivity contribution >= 4 is 22.9 Å². The lowest BCUT2D eigenvalue weighted by atomic mass is 10.1. The number of carbonyl (C=O) groups is 1. The monoisotopic (exact) mass is 298 g/mol. The third kappa shape index (κ3) is 2.85. The Morgan fingerprint density at radius 1 is 1.33 bits per heavy atom. The van der Waals surface area contributed by atoms with E-state index in [0.717, 1.165) is 27.6 Å². The lowest BCUT2D eigenvalue weighted by Gasteiger charge is -2.06. The van der Waals surface area contributed by atoms with E-state index in [2.05, 4.69) is 20.5 Å². The highest BCUT2D eigenvalue weighted by Gasteiger charge is 2.11. The first-order valence-electron chi connectivity index (χ1n) is 6.47. The molecule has 106 valence electrons.